The van der Waals surface area contributed by atoms with Crippen molar-refractivity contribution in [1.29, 1.82) is 0 Å². The third kappa shape index (κ3) is 4.88. The number of para-hydroxylation sites is 1. The Morgan fingerprint density at radius 1 is 1.15 bits per heavy atom. The highest BCUT2D eigenvalue weighted by atomic mass is 16.5. The normalized spacial score (nSPS) is 11.8. The molecule has 9 heteroatoms. The largest absolute Gasteiger partial charge is 0.496 e. The van der Waals surface area contributed by atoms with Gasteiger partial charge in [-0.15, -0.1) is 0 Å². The van der Waals surface area contributed by atoms with Crippen molar-refractivity contribution in [3.05, 3.63) is 82.9 Å². The number of carbonyl (C=O) groups is 2. The second kappa shape index (κ2) is 9.58. The standard InChI is InChI=1S/C24H24N4O5/c1-14-7-8-15(10-22(14)32-2)23(29)26-17(11-18-12-21(28-33-18)24(30)27-31)9-16-13-25-20-6-4-3-5-19(16)20/h3-8,10,12-13,17,25,31H,9,11H2,1-2H3,(H,26,29)(H,27,30). The maximum atomic E-state index is 13.1. The number of amides is 2. The van der Waals surface area contributed by atoms with Gasteiger partial charge in [-0.3, -0.25) is 14.8 Å². The molecule has 0 spiro atoms. The summed E-state index contributed by atoms with van der Waals surface area (Å²) >= 11 is 0. The monoisotopic (exact) mass is 448 g/mol. The van der Waals surface area contributed by atoms with E-state index >= 15 is 0 Å². The summed E-state index contributed by atoms with van der Waals surface area (Å²) in [6.45, 7) is 1.91. The van der Waals surface area contributed by atoms with E-state index in [1.54, 1.807) is 19.2 Å². The van der Waals surface area contributed by atoms with E-state index in [1.165, 1.54) is 11.5 Å². The lowest BCUT2D eigenvalue weighted by Crippen LogP contribution is -2.38. The molecule has 1 atom stereocenters. The number of aromatic amines is 1. The van der Waals surface area contributed by atoms with Gasteiger partial charge < -0.3 is 19.6 Å². The molecule has 0 bridgehead atoms. The predicted octanol–water partition coefficient (Wildman–Crippen LogP) is 3.18. The topological polar surface area (TPSA) is 129 Å². The SMILES string of the molecule is COc1cc(C(=O)NC(Cc2cc(C(=O)NO)no2)Cc2c[nH]c3ccccc23)ccc1C. The van der Waals surface area contributed by atoms with Crippen LogP contribution in [0.4, 0.5) is 0 Å². The fourth-order valence-electron chi connectivity index (χ4n) is 3.79. The molecule has 1 unspecified atom stereocenters. The van der Waals surface area contributed by atoms with Crippen LogP contribution in [-0.4, -0.2) is 40.3 Å². The first-order valence-corrected chi connectivity index (χ1v) is 10.4. The Bertz CT molecular complexity index is 1290. The van der Waals surface area contributed by atoms with Gasteiger partial charge in [0.2, 0.25) is 0 Å². The molecule has 33 heavy (non-hydrogen) atoms. The molecule has 2 heterocycles. The molecule has 2 amide bonds. The van der Waals surface area contributed by atoms with E-state index in [0.29, 0.717) is 29.9 Å². The molecule has 4 aromatic rings. The number of aromatic nitrogens is 2. The van der Waals surface area contributed by atoms with Gasteiger partial charge in [0, 0.05) is 41.2 Å². The minimum absolute atomic E-state index is 0.0482. The highest BCUT2D eigenvalue weighted by molar-refractivity contribution is 5.95. The molecule has 0 radical (unpaired) electrons. The lowest BCUT2D eigenvalue weighted by atomic mass is 10.0. The number of hydrogen-bond donors (Lipinski definition) is 4. The summed E-state index contributed by atoms with van der Waals surface area (Å²) in [5, 5.41) is 16.6. The molecule has 4 N–H and O–H groups in total. The Kier molecular flexibility index (Phi) is 6.41. The molecular weight excluding hydrogens is 424 g/mol. The average Bonchev–Trinajstić information content (AvgIpc) is 3.46. The number of nitrogens with one attached hydrogen (secondary N) is 3. The van der Waals surface area contributed by atoms with Crippen LogP contribution in [0, 0.1) is 6.92 Å². The van der Waals surface area contributed by atoms with Crippen LogP contribution in [0.5, 0.6) is 5.75 Å². The lowest BCUT2D eigenvalue weighted by molar-refractivity contribution is 0.0696. The quantitative estimate of drug-likeness (QED) is 0.242. The van der Waals surface area contributed by atoms with Crippen molar-refractivity contribution in [1.82, 2.24) is 20.9 Å². The number of fused-ring (bicyclic) bond motifs is 1. The van der Waals surface area contributed by atoms with E-state index < -0.39 is 5.91 Å². The van der Waals surface area contributed by atoms with Crippen LogP contribution in [0.1, 0.15) is 37.7 Å². The van der Waals surface area contributed by atoms with E-state index in [2.05, 4.69) is 15.5 Å². The average molecular weight is 448 g/mol. The van der Waals surface area contributed by atoms with Crippen molar-refractivity contribution in [3.63, 3.8) is 0 Å². The number of hydroxylamine groups is 1. The third-order valence-electron chi connectivity index (χ3n) is 5.49. The van der Waals surface area contributed by atoms with E-state index in [4.69, 9.17) is 14.5 Å². The molecule has 2 aromatic carbocycles. The molecule has 0 aliphatic rings. The first kappa shape index (κ1) is 22.1. The molecule has 170 valence electrons. The van der Waals surface area contributed by atoms with Crippen molar-refractivity contribution >= 4 is 22.7 Å². The summed E-state index contributed by atoms with van der Waals surface area (Å²) < 4.78 is 10.6. The molecule has 2 aromatic heterocycles. The number of ether oxygens (including phenoxy) is 1. The summed E-state index contributed by atoms with van der Waals surface area (Å²) in [4.78, 5) is 27.9. The summed E-state index contributed by atoms with van der Waals surface area (Å²) in [5.74, 6) is 0.00546. The highest BCUT2D eigenvalue weighted by Gasteiger charge is 2.21. The summed E-state index contributed by atoms with van der Waals surface area (Å²) in [6, 6.07) is 14.3. The van der Waals surface area contributed by atoms with Crippen LogP contribution >= 0.6 is 0 Å². The van der Waals surface area contributed by atoms with Gasteiger partial charge in [-0.1, -0.05) is 29.4 Å². The van der Waals surface area contributed by atoms with Gasteiger partial charge in [0.05, 0.1) is 7.11 Å². The minimum Gasteiger partial charge on any atom is -0.496 e. The zero-order valence-corrected chi connectivity index (χ0v) is 18.2. The number of methoxy groups -OCH3 is 1. The second-order valence-electron chi connectivity index (χ2n) is 7.74. The lowest BCUT2D eigenvalue weighted by Gasteiger charge is -2.18. The van der Waals surface area contributed by atoms with Crippen molar-refractivity contribution in [3.8, 4) is 5.75 Å². The Morgan fingerprint density at radius 3 is 2.76 bits per heavy atom. The van der Waals surface area contributed by atoms with E-state index in [9.17, 15) is 9.59 Å². The highest BCUT2D eigenvalue weighted by Crippen LogP contribution is 2.22. The van der Waals surface area contributed by atoms with Crippen LogP contribution in [0.2, 0.25) is 0 Å². The van der Waals surface area contributed by atoms with Crippen molar-refractivity contribution in [2.45, 2.75) is 25.8 Å². The van der Waals surface area contributed by atoms with Crippen LogP contribution < -0.4 is 15.5 Å². The summed E-state index contributed by atoms with van der Waals surface area (Å²) in [5.41, 5.74) is 4.92. The van der Waals surface area contributed by atoms with Gasteiger partial charge in [-0.05, 0) is 42.7 Å². The first-order valence-electron chi connectivity index (χ1n) is 10.4. The van der Waals surface area contributed by atoms with E-state index in [-0.39, 0.29) is 17.6 Å². The van der Waals surface area contributed by atoms with Gasteiger partial charge in [0.15, 0.2) is 5.69 Å². The van der Waals surface area contributed by atoms with Crippen LogP contribution in [0.15, 0.2) is 59.3 Å². The number of carbonyl (C=O) groups excluding carboxylic acids is 2. The van der Waals surface area contributed by atoms with Gasteiger partial charge in [-0.25, -0.2) is 5.48 Å². The Balaban J connectivity index is 1.59. The minimum atomic E-state index is -0.769. The fourth-order valence-corrected chi connectivity index (χ4v) is 3.79. The molecule has 0 aliphatic carbocycles. The predicted molar refractivity (Wildman–Crippen MR) is 120 cm³/mol. The maximum Gasteiger partial charge on any atom is 0.296 e. The second-order valence-corrected chi connectivity index (χ2v) is 7.74. The first-order chi connectivity index (χ1) is 16.0. The fraction of sp³-hybridized carbons (Fsp3) is 0.208. The Morgan fingerprint density at radius 2 is 1.97 bits per heavy atom. The number of rotatable bonds is 8. The van der Waals surface area contributed by atoms with Crippen LogP contribution in [0.25, 0.3) is 10.9 Å². The molecule has 0 saturated heterocycles. The summed E-state index contributed by atoms with van der Waals surface area (Å²) in [7, 11) is 1.56. The van der Waals surface area contributed by atoms with Crippen LogP contribution in [-0.2, 0) is 12.8 Å². The Hall–Kier alpha value is -4.11. The molecule has 4 rings (SSSR count). The zero-order valence-electron chi connectivity index (χ0n) is 18.2. The third-order valence-corrected chi connectivity index (χ3v) is 5.49. The number of nitrogens with zero attached hydrogens (tertiary/aromatic N) is 1. The van der Waals surface area contributed by atoms with Crippen molar-refractivity contribution < 1.29 is 24.1 Å². The molecule has 0 aliphatic heterocycles. The number of H-pyrrole nitrogens is 1. The van der Waals surface area contributed by atoms with E-state index in [1.807, 2.05) is 43.5 Å². The maximum absolute atomic E-state index is 13.1. The smallest absolute Gasteiger partial charge is 0.296 e. The van der Waals surface area contributed by atoms with Gasteiger partial charge in [-0.2, -0.15) is 0 Å². The van der Waals surface area contributed by atoms with Crippen molar-refractivity contribution in [2.75, 3.05) is 7.11 Å². The molecular formula is C24H24N4O5. The van der Waals surface area contributed by atoms with Crippen molar-refractivity contribution in [2.24, 2.45) is 0 Å². The van der Waals surface area contributed by atoms with Gasteiger partial charge in [0.25, 0.3) is 11.8 Å². The van der Waals surface area contributed by atoms with Crippen LogP contribution in [0.3, 0.4) is 0 Å². The molecule has 0 saturated carbocycles. The zero-order chi connectivity index (χ0) is 23.4. The number of aryl methyl sites for hydroxylation is 1. The Labute approximate surface area is 189 Å². The van der Waals surface area contributed by atoms with Gasteiger partial charge >= 0.3 is 0 Å². The molecule has 9 nitrogen and oxygen atoms in total. The molecule has 0 fully saturated rings. The number of hydrogen-bond acceptors (Lipinski definition) is 6. The number of benzene rings is 2. The van der Waals surface area contributed by atoms with Gasteiger partial charge in [0.1, 0.15) is 11.5 Å². The van der Waals surface area contributed by atoms with E-state index in [0.717, 1.165) is 22.0 Å². The summed E-state index contributed by atoms with van der Waals surface area (Å²) in [6.07, 6.45) is 2.73.